The molecule has 0 aliphatic heterocycles. The first-order valence-corrected chi connectivity index (χ1v) is 5.27. The van der Waals surface area contributed by atoms with Crippen LogP contribution >= 0.6 is 0 Å². The Hall–Kier alpha value is -1.23. The van der Waals surface area contributed by atoms with E-state index in [1.54, 1.807) is 12.1 Å². The van der Waals surface area contributed by atoms with E-state index in [0.29, 0.717) is 11.3 Å². The standard InChI is InChI=1S/C12H16F3NO/c1-8-3-4-11(17-2)9(5-8)6-10(16)7-12(13,14)15/h3-5,10H,6-7,16H2,1-2H3. The van der Waals surface area contributed by atoms with E-state index >= 15 is 0 Å². The van der Waals surface area contributed by atoms with Gasteiger partial charge in [-0.1, -0.05) is 17.7 Å². The van der Waals surface area contributed by atoms with Gasteiger partial charge in [0.2, 0.25) is 0 Å². The summed E-state index contributed by atoms with van der Waals surface area (Å²) in [5.74, 6) is 0.577. The summed E-state index contributed by atoms with van der Waals surface area (Å²) < 4.78 is 41.6. The van der Waals surface area contributed by atoms with Gasteiger partial charge in [0.05, 0.1) is 13.5 Å². The Bertz CT molecular complexity index is 377. The predicted octanol–water partition coefficient (Wildman–Crippen LogP) is 2.83. The first-order valence-electron chi connectivity index (χ1n) is 5.27. The molecule has 1 aromatic rings. The molecule has 96 valence electrons. The lowest BCUT2D eigenvalue weighted by molar-refractivity contribution is -0.138. The van der Waals surface area contributed by atoms with Crippen molar-refractivity contribution in [3.63, 3.8) is 0 Å². The molecular formula is C12H16F3NO. The molecule has 1 unspecified atom stereocenters. The van der Waals surface area contributed by atoms with E-state index in [1.807, 2.05) is 13.0 Å². The zero-order chi connectivity index (χ0) is 13.1. The quantitative estimate of drug-likeness (QED) is 0.888. The minimum atomic E-state index is -4.23. The molecule has 0 aromatic heterocycles. The van der Waals surface area contributed by atoms with Crippen LogP contribution in [0.4, 0.5) is 13.2 Å². The van der Waals surface area contributed by atoms with Gasteiger partial charge >= 0.3 is 6.18 Å². The van der Waals surface area contributed by atoms with Gasteiger partial charge < -0.3 is 10.5 Å². The third-order valence-corrected chi connectivity index (χ3v) is 2.41. The van der Waals surface area contributed by atoms with Crippen molar-refractivity contribution >= 4 is 0 Å². The molecule has 2 N–H and O–H groups in total. The van der Waals surface area contributed by atoms with Gasteiger partial charge in [0.15, 0.2) is 0 Å². The lowest BCUT2D eigenvalue weighted by atomic mass is 10.0. The highest BCUT2D eigenvalue weighted by atomic mass is 19.4. The van der Waals surface area contributed by atoms with Crippen LogP contribution in [0.25, 0.3) is 0 Å². The van der Waals surface area contributed by atoms with Gasteiger partial charge in [-0.25, -0.2) is 0 Å². The fraction of sp³-hybridized carbons (Fsp3) is 0.500. The molecule has 2 nitrogen and oxygen atoms in total. The maximum absolute atomic E-state index is 12.2. The summed E-state index contributed by atoms with van der Waals surface area (Å²) in [7, 11) is 1.49. The molecule has 0 radical (unpaired) electrons. The van der Waals surface area contributed by atoms with E-state index in [4.69, 9.17) is 10.5 Å². The second-order valence-corrected chi connectivity index (χ2v) is 4.10. The van der Waals surface area contributed by atoms with E-state index in [-0.39, 0.29) is 6.42 Å². The highest BCUT2D eigenvalue weighted by molar-refractivity contribution is 5.37. The lowest BCUT2D eigenvalue weighted by Crippen LogP contribution is -2.29. The van der Waals surface area contributed by atoms with Crippen LogP contribution in [-0.4, -0.2) is 19.3 Å². The molecule has 0 saturated heterocycles. The Labute approximate surface area is 98.6 Å². The van der Waals surface area contributed by atoms with Crippen LogP contribution in [0.1, 0.15) is 17.5 Å². The van der Waals surface area contributed by atoms with Crippen molar-refractivity contribution in [1.82, 2.24) is 0 Å². The molecule has 0 bridgehead atoms. The average molecular weight is 247 g/mol. The molecule has 0 amide bonds. The Morgan fingerprint density at radius 3 is 2.53 bits per heavy atom. The normalized spacial score (nSPS) is 13.5. The van der Waals surface area contributed by atoms with Crippen molar-refractivity contribution in [3.8, 4) is 5.75 Å². The van der Waals surface area contributed by atoms with E-state index in [1.165, 1.54) is 7.11 Å². The van der Waals surface area contributed by atoms with Crippen molar-refractivity contribution in [2.75, 3.05) is 7.11 Å². The van der Waals surface area contributed by atoms with E-state index in [0.717, 1.165) is 5.56 Å². The fourth-order valence-electron chi connectivity index (χ4n) is 1.72. The third-order valence-electron chi connectivity index (χ3n) is 2.41. The van der Waals surface area contributed by atoms with Crippen LogP contribution in [-0.2, 0) is 6.42 Å². The molecule has 5 heteroatoms. The van der Waals surface area contributed by atoms with Crippen LogP contribution in [0.2, 0.25) is 0 Å². The Kier molecular flexibility index (Phi) is 4.40. The van der Waals surface area contributed by atoms with E-state index in [9.17, 15) is 13.2 Å². The molecule has 0 fully saturated rings. The number of hydrogen-bond acceptors (Lipinski definition) is 2. The molecule has 0 saturated carbocycles. The SMILES string of the molecule is COc1ccc(C)cc1CC(N)CC(F)(F)F. The van der Waals surface area contributed by atoms with Crippen molar-refractivity contribution < 1.29 is 17.9 Å². The highest BCUT2D eigenvalue weighted by Gasteiger charge is 2.30. The molecule has 1 rings (SSSR count). The van der Waals surface area contributed by atoms with Gasteiger partial charge in [0, 0.05) is 6.04 Å². The Morgan fingerprint density at radius 2 is 2.00 bits per heavy atom. The molecule has 0 aliphatic carbocycles. The van der Waals surface area contributed by atoms with Gasteiger partial charge in [-0.15, -0.1) is 0 Å². The second kappa shape index (κ2) is 5.40. The van der Waals surface area contributed by atoms with Crippen LogP contribution < -0.4 is 10.5 Å². The second-order valence-electron chi connectivity index (χ2n) is 4.10. The van der Waals surface area contributed by atoms with E-state index in [2.05, 4.69) is 0 Å². The van der Waals surface area contributed by atoms with Crippen molar-refractivity contribution in [2.24, 2.45) is 5.73 Å². The smallest absolute Gasteiger partial charge is 0.390 e. The van der Waals surface area contributed by atoms with Crippen LogP contribution in [0.15, 0.2) is 18.2 Å². The molecule has 1 aromatic carbocycles. The summed E-state index contributed by atoms with van der Waals surface area (Å²) in [6.45, 7) is 1.87. The van der Waals surface area contributed by atoms with E-state index < -0.39 is 18.6 Å². The van der Waals surface area contributed by atoms with Crippen LogP contribution in [0.5, 0.6) is 5.75 Å². The molecule has 0 heterocycles. The zero-order valence-electron chi connectivity index (χ0n) is 9.84. The summed E-state index contributed by atoms with van der Waals surface area (Å²) in [4.78, 5) is 0. The zero-order valence-corrected chi connectivity index (χ0v) is 9.84. The predicted molar refractivity (Wildman–Crippen MR) is 60.1 cm³/mol. The van der Waals surface area contributed by atoms with Gasteiger partial charge in [-0.05, 0) is 25.0 Å². The molecule has 0 spiro atoms. The summed E-state index contributed by atoms with van der Waals surface area (Å²) in [6.07, 6.45) is -5.05. The summed E-state index contributed by atoms with van der Waals surface area (Å²) in [5, 5.41) is 0. The topological polar surface area (TPSA) is 35.2 Å². The number of nitrogens with two attached hydrogens (primary N) is 1. The first-order chi connectivity index (χ1) is 7.81. The first kappa shape index (κ1) is 13.8. The number of methoxy groups -OCH3 is 1. The molecular weight excluding hydrogens is 231 g/mol. The Balaban J connectivity index is 2.76. The van der Waals surface area contributed by atoms with Crippen LogP contribution in [0, 0.1) is 6.92 Å². The maximum Gasteiger partial charge on any atom is 0.390 e. The van der Waals surface area contributed by atoms with Gasteiger partial charge in [-0.2, -0.15) is 13.2 Å². The maximum atomic E-state index is 12.2. The molecule has 1 atom stereocenters. The van der Waals surface area contributed by atoms with Crippen molar-refractivity contribution in [1.29, 1.82) is 0 Å². The summed E-state index contributed by atoms with van der Waals surface area (Å²) in [5.41, 5.74) is 7.17. The summed E-state index contributed by atoms with van der Waals surface area (Å²) in [6, 6.07) is 4.45. The average Bonchev–Trinajstić information content (AvgIpc) is 2.14. The third kappa shape index (κ3) is 4.65. The minimum absolute atomic E-state index is 0.157. The number of aryl methyl sites for hydroxylation is 1. The van der Waals surface area contributed by atoms with Crippen LogP contribution in [0.3, 0.4) is 0 Å². The number of rotatable bonds is 4. The largest absolute Gasteiger partial charge is 0.496 e. The number of benzene rings is 1. The highest BCUT2D eigenvalue weighted by Crippen LogP contribution is 2.25. The summed E-state index contributed by atoms with van der Waals surface area (Å²) >= 11 is 0. The minimum Gasteiger partial charge on any atom is -0.496 e. The van der Waals surface area contributed by atoms with Crippen molar-refractivity contribution in [3.05, 3.63) is 29.3 Å². The number of alkyl halides is 3. The number of halogens is 3. The molecule has 17 heavy (non-hydrogen) atoms. The number of hydrogen-bond donors (Lipinski definition) is 1. The lowest BCUT2D eigenvalue weighted by Gasteiger charge is -2.16. The fourth-order valence-corrected chi connectivity index (χ4v) is 1.72. The van der Waals surface area contributed by atoms with Gasteiger partial charge in [-0.3, -0.25) is 0 Å². The number of ether oxygens (including phenoxy) is 1. The monoisotopic (exact) mass is 247 g/mol. The van der Waals surface area contributed by atoms with Gasteiger partial charge in [0.1, 0.15) is 5.75 Å². The van der Waals surface area contributed by atoms with Gasteiger partial charge in [0.25, 0.3) is 0 Å². The Morgan fingerprint density at radius 1 is 1.35 bits per heavy atom. The molecule has 0 aliphatic rings. The van der Waals surface area contributed by atoms with Crippen molar-refractivity contribution in [2.45, 2.75) is 32.0 Å².